The van der Waals surface area contributed by atoms with Crippen LogP contribution in [0.5, 0.6) is 5.88 Å². The van der Waals surface area contributed by atoms with Crippen LogP contribution in [0.2, 0.25) is 0 Å². The van der Waals surface area contributed by atoms with Crippen LogP contribution >= 0.6 is 0 Å². The SMILES string of the molecule is CCOc1ccc(NCCn2cccn2)cn1. The standard InChI is InChI=1S/C12H16N4O/c1-2-17-12-5-4-11(10-14-12)13-7-9-16-8-3-6-15-16/h3-6,8,10,13H,2,7,9H2,1H3. The van der Waals surface area contributed by atoms with Crippen LogP contribution in [-0.4, -0.2) is 27.9 Å². The highest BCUT2D eigenvalue weighted by Crippen LogP contribution is 2.10. The van der Waals surface area contributed by atoms with E-state index in [2.05, 4.69) is 15.4 Å². The molecule has 5 nitrogen and oxygen atoms in total. The first kappa shape index (κ1) is 11.4. The number of aromatic nitrogens is 3. The number of nitrogens with zero attached hydrogens (tertiary/aromatic N) is 3. The van der Waals surface area contributed by atoms with Gasteiger partial charge in [0.2, 0.25) is 5.88 Å². The first-order valence-corrected chi connectivity index (χ1v) is 5.68. The molecule has 0 unspecified atom stereocenters. The summed E-state index contributed by atoms with van der Waals surface area (Å²) in [5.74, 6) is 0.658. The molecule has 2 heterocycles. The van der Waals surface area contributed by atoms with Gasteiger partial charge >= 0.3 is 0 Å². The second-order valence-corrected chi connectivity index (χ2v) is 3.51. The van der Waals surface area contributed by atoms with Crippen molar-refractivity contribution in [1.29, 1.82) is 0 Å². The normalized spacial score (nSPS) is 10.2. The molecule has 0 radical (unpaired) electrons. The molecule has 0 amide bonds. The Kier molecular flexibility index (Phi) is 3.96. The van der Waals surface area contributed by atoms with Gasteiger partial charge in [0.25, 0.3) is 0 Å². The fourth-order valence-electron chi connectivity index (χ4n) is 1.47. The summed E-state index contributed by atoms with van der Waals surface area (Å²) in [6.45, 7) is 4.23. The van der Waals surface area contributed by atoms with Crippen molar-refractivity contribution in [1.82, 2.24) is 14.8 Å². The van der Waals surface area contributed by atoms with Crippen molar-refractivity contribution in [3.8, 4) is 5.88 Å². The van der Waals surface area contributed by atoms with E-state index in [0.29, 0.717) is 12.5 Å². The smallest absolute Gasteiger partial charge is 0.213 e. The lowest BCUT2D eigenvalue weighted by Crippen LogP contribution is -2.10. The van der Waals surface area contributed by atoms with Gasteiger partial charge in [0.15, 0.2) is 0 Å². The second kappa shape index (κ2) is 5.89. The van der Waals surface area contributed by atoms with E-state index >= 15 is 0 Å². The van der Waals surface area contributed by atoms with Crippen LogP contribution in [0.25, 0.3) is 0 Å². The van der Waals surface area contributed by atoms with E-state index in [4.69, 9.17) is 4.74 Å². The van der Waals surface area contributed by atoms with Crippen molar-refractivity contribution in [2.75, 3.05) is 18.5 Å². The lowest BCUT2D eigenvalue weighted by molar-refractivity contribution is 0.327. The third kappa shape index (κ3) is 3.48. The zero-order valence-electron chi connectivity index (χ0n) is 9.84. The average Bonchev–Trinajstić information content (AvgIpc) is 2.85. The number of anilines is 1. The van der Waals surface area contributed by atoms with E-state index < -0.39 is 0 Å². The molecule has 0 aliphatic rings. The van der Waals surface area contributed by atoms with Crippen molar-refractivity contribution in [3.63, 3.8) is 0 Å². The van der Waals surface area contributed by atoms with E-state index in [1.165, 1.54) is 0 Å². The summed E-state index contributed by atoms with van der Waals surface area (Å²) >= 11 is 0. The van der Waals surface area contributed by atoms with Crippen LogP contribution < -0.4 is 10.1 Å². The molecule has 0 aliphatic heterocycles. The Hall–Kier alpha value is -2.04. The Balaban J connectivity index is 1.79. The summed E-state index contributed by atoms with van der Waals surface area (Å²) in [4.78, 5) is 4.18. The summed E-state index contributed by atoms with van der Waals surface area (Å²) in [5.41, 5.74) is 0.987. The zero-order chi connectivity index (χ0) is 11.9. The summed E-state index contributed by atoms with van der Waals surface area (Å²) in [5, 5.41) is 7.40. The van der Waals surface area contributed by atoms with Gasteiger partial charge in [-0.05, 0) is 19.1 Å². The first-order chi connectivity index (χ1) is 8.38. The van der Waals surface area contributed by atoms with Gasteiger partial charge in [0.1, 0.15) is 0 Å². The molecule has 0 aromatic carbocycles. The maximum atomic E-state index is 5.27. The first-order valence-electron chi connectivity index (χ1n) is 5.68. The van der Waals surface area contributed by atoms with Crippen molar-refractivity contribution in [2.24, 2.45) is 0 Å². The number of hydrogen-bond donors (Lipinski definition) is 1. The summed E-state index contributed by atoms with van der Waals surface area (Å²) in [6, 6.07) is 5.74. The molecule has 0 saturated heterocycles. The largest absolute Gasteiger partial charge is 0.478 e. The van der Waals surface area contributed by atoms with Crippen molar-refractivity contribution in [3.05, 3.63) is 36.8 Å². The number of rotatable bonds is 6. The Morgan fingerprint density at radius 1 is 1.41 bits per heavy atom. The molecular formula is C12H16N4O. The van der Waals surface area contributed by atoms with E-state index in [0.717, 1.165) is 18.8 Å². The number of ether oxygens (including phenoxy) is 1. The van der Waals surface area contributed by atoms with Gasteiger partial charge in [-0.1, -0.05) is 0 Å². The molecular weight excluding hydrogens is 216 g/mol. The molecule has 2 rings (SSSR count). The van der Waals surface area contributed by atoms with Crippen LogP contribution in [0.4, 0.5) is 5.69 Å². The van der Waals surface area contributed by atoms with Gasteiger partial charge in [-0.3, -0.25) is 4.68 Å². The second-order valence-electron chi connectivity index (χ2n) is 3.51. The Morgan fingerprint density at radius 3 is 3.00 bits per heavy atom. The minimum Gasteiger partial charge on any atom is -0.478 e. The molecule has 0 saturated carbocycles. The molecule has 2 aromatic heterocycles. The van der Waals surface area contributed by atoms with Gasteiger partial charge < -0.3 is 10.1 Å². The predicted molar refractivity (Wildman–Crippen MR) is 66.1 cm³/mol. The van der Waals surface area contributed by atoms with Crippen molar-refractivity contribution < 1.29 is 4.74 Å². The van der Waals surface area contributed by atoms with Crippen LogP contribution in [0.1, 0.15) is 6.92 Å². The van der Waals surface area contributed by atoms with Crippen LogP contribution in [0.15, 0.2) is 36.8 Å². The molecule has 0 aliphatic carbocycles. The van der Waals surface area contributed by atoms with Gasteiger partial charge in [-0.2, -0.15) is 5.10 Å². The third-order valence-electron chi connectivity index (χ3n) is 2.26. The number of nitrogens with one attached hydrogen (secondary N) is 1. The molecule has 0 bridgehead atoms. The highest BCUT2D eigenvalue weighted by molar-refractivity contribution is 5.41. The van der Waals surface area contributed by atoms with E-state index in [1.807, 2.05) is 36.0 Å². The van der Waals surface area contributed by atoms with Gasteiger partial charge in [0.05, 0.1) is 25.0 Å². The summed E-state index contributed by atoms with van der Waals surface area (Å²) < 4.78 is 7.16. The van der Waals surface area contributed by atoms with E-state index in [9.17, 15) is 0 Å². The van der Waals surface area contributed by atoms with Gasteiger partial charge in [-0.25, -0.2) is 4.98 Å². The highest BCUT2D eigenvalue weighted by atomic mass is 16.5. The zero-order valence-corrected chi connectivity index (χ0v) is 9.84. The van der Waals surface area contributed by atoms with E-state index in [1.54, 1.807) is 12.4 Å². The van der Waals surface area contributed by atoms with Gasteiger partial charge in [-0.15, -0.1) is 0 Å². The number of pyridine rings is 1. The van der Waals surface area contributed by atoms with Crippen LogP contribution in [-0.2, 0) is 6.54 Å². The minimum atomic E-state index is 0.638. The molecule has 1 N–H and O–H groups in total. The average molecular weight is 232 g/mol. The number of hydrogen-bond acceptors (Lipinski definition) is 4. The van der Waals surface area contributed by atoms with Gasteiger partial charge in [0, 0.05) is 25.0 Å². The predicted octanol–water partition coefficient (Wildman–Crippen LogP) is 1.79. The topological polar surface area (TPSA) is 52.0 Å². The lowest BCUT2D eigenvalue weighted by atomic mass is 10.4. The van der Waals surface area contributed by atoms with E-state index in [-0.39, 0.29) is 0 Å². The summed E-state index contributed by atoms with van der Waals surface area (Å²) in [7, 11) is 0. The van der Waals surface area contributed by atoms with Crippen molar-refractivity contribution in [2.45, 2.75) is 13.5 Å². The maximum absolute atomic E-state index is 5.27. The van der Waals surface area contributed by atoms with Crippen LogP contribution in [0.3, 0.4) is 0 Å². The minimum absolute atomic E-state index is 0.638. The molecule has 17 heavy (non-hydrogen) atoms. The van der Waals surface area contributed by atoms with Crippen LogP contribution in [0, 0.1) is 0 Å². The Labute approximate surface area is 100 Å². The monoisotopic (exact) mass is 232 g/mol. The third-order valence-corrected chi connectivity index (χ3v) is 2.26. The Morgan fingerprint density at radius 2 is 2.35 bits per heavy atom. The summed E-state index contributed by atoms with van der Waals surface area (Å²) in [6.07, 6.45) is 5.49. The molecule has 2 aromatic rings. The lowest BCUT2D eigenvalue weighted by Gasteiger charge is -2.07. The molecule has 90 valence electrons. The molecule has 5 heteroatoms. The Bertz CT molecular complexity index is 424. The quantitative estimate of drug-likeness (QED) is 0.825. The molecule has 0 spiro atoms. The maximum Gasteiger partial charge on any atom is 0.213 e. The highest BCUT2D eigenvalue weighted by Gasteiger charge is 1.96. The fraction of sp³-hybridized carbons (Fsp3) is 0.333. The molecule has 0 fully saturated rings. The van der Waals surface area contributed by atoms with Crippen molar-refractivity contribution >= 4 is 5.69 Å². The fourth-order valence-corrected chi connectivity index (χ4v) is 1.47. The molecule has 0 atom stereocenters.